The molecule has 1 aliphatic rings. The topological polar surface area (TPSA) is 164 Å². The number of rotatable bonds is 8. The standard InChI is InChI=1S/C25H23Cl2N7O4/c26-16-6-5-15(7-17(16)27)9-30-25-33-19-22(29)31-12-32-23(19)34(25)24-21(36)20(35)18(38-24)11-37-10-14-3-1-13(8-28)2-4-14/h1-7,12,18,20-21,24,35-36H,9-11H2,(H,30,33)(H2,29,31,32)/t18-,20+,21-,24-/m1/s1. The van der Waals surface area contributed by atoms with E-state index in [2.05, 4.69) is 26.3 Å². The summed E-state index contributed by atoms with van der Waals surface area (Å²) in [5, 5.41) is 34.7. The number of aliphatic hydroxyl groups is 2. The van der Waals surface area contributed by atoms with Gasteiger partial charge in [-0.25, -0.2) is 15.0 Å². The fraction of sp³-hybridized carbons (Fsp3) is 0.280. The van der Waals surface area contributed by atoms with Crippen LogP contribution in [0, 0.1) is 11.3 Å². The Bertz CT molecular complexity index is 1490. The maximum absolute atomic E-state index is 10.9. The van der Waals surface area contributed by atoms with Gasteiger partial charge in [0.15, 0.2) is 23.2 Å². The van der Waals surface area contributed by atoms with Gasteiger partial charge in [-0.15, -0.1) is 0 Å². The van der Waals surface area contributed by atoms with Crippen LogP contribution in [0.1, 0.15) is 22.9 Å². The molecule has 5 rings (SSSR count). The molecule has 0 radical (unpaired) electrons. The first-order valence-corrected chi connectivity index (χ1v) is 12.4. The monoisotopic (exact) mass is 555 g/mol. The fourth-order valence-electron chi connectivity index (χ4n) is 4.17. The predicted molar refractivity (Wildman–Crippen MR) is 140 cm³/mol. The van der Waals surface area contributed by atoms with E-state index in [4.69, 9.17) is 43.7 Å². The molecular weight excluding hydrogens is 533 g/mol. The van der Waals surface area contributed by atoms with Gasteiger partial charge in [0.2, 0.25) is 5.95 Å². The largest absolute Gasteiger partial charge is 0.387 e. The maximum atomic E-state index is 10.9. The second kappa shape index (κ2) is 11.1. The minimum absolute atomic E-state index is 0.0184. The molecule has 1 aliphatic heterocycles. The number of nitrogens with zero attached hydrogens (tertiary/aromatic N) is 5. The Morgan fingerprint density at radius 1 is 1.08 bits per heavy atom. The third-order valence-electron chi connectivity index (χ3n) is 6.17. The average molecular weight is 556 g/mol. The second-order valence-electron chi connectivity index (χ2n) is 8.71. The number of nitrogen functional groups attached to an aromatic ring is 1. The third kappa shape index (κ3) is 5.23. The molecule has 2 aromatic heterocycles. The Hall–Kier alpha value is -3.50. The summed E-state index contributed by atoms with van der Waals surface area (Å²) in [7, 11) is 0. The van der Waals surface area contributed by atoms with Crippen molar-refractivity contribution >= 4 is 46.1 Å². The lowest BCUT2D eigenvalue weighted by molar-refractivity contribution is -0.0675. The highest BCUT2D eigenvalue weighted by molar-refractivity contribution is 6.42. The van der Waals surface area contributed by atoms with Crippen LogP contribution in [0.2, 0.25) is 10.0 Å². The first-order chi connectivity index (χ1) is 18.4. The summed E-state index contributed by atoms with van der Waals surface area (Å²) >= 11 is 12.2. The van der Waals surface area contributed by atoms with Crippen LogP contribution in [0.3, 0.4) is 0 Å². The summed E-state index contributed by atoms with van der Waals surface area (Å²) in [6, 6.07) is 14.3. The number of benzene rings is 2. The van der Waals surface area contributed by atoms with E-state index in [1.165, 1.54) is 6.33 Å². The zero-order valence-electron chi connectivity index (χ0n) is 19.8. The summed E-state index contributed by atoms with van der Waals surface area (Å²) in [6.07, 6.45) is -3.12. The molecule has 3 heterocycles. The first-order valence-electron chi connectivity index (χ1n) is 11.6. The normalized spacial score (nSPS) is 21.0. The van der Waals surface area contributed by atoms with Gasteiger partial charge >= 0.3 is 0 Å². The zero-order chi connectivity index (χ0) is 26.8. The number of nitriles is 1. The number of nitrogens with two attached hydrogens (primary N) is 1. The summed E-state index contributed by atoms with van der Waals surface area (Å²) in [4.78, 5) is 12.8. The number of fused-ring (bicyclic) bond motifs is 1. The van der Waals surface area contributed by atoms with Gasteiger partial charge in [0.25, 0.3) is 0 Å². The van der Waals surface area contributed by atoms with Crippen molar-refractivity contribution < 1.29 is 19.7 Å². The molecule has 11 nitrogen and oxygen atoms in total. The number of nitrogens with one attached hydrogen (secondary N) is 1. The van der Waals surface area contributed by atoms with Crippen molar-refractivity contribution in [3.05, 3.63) is 75.5 Å². The number of aromatic nitrogens is 4. The Morgan fingerprint density at radius 2 is 1.84 bits per heavy atom. The maximum Gasteiger partial charge on any atom is 0.207 e. The molecule has 0 unspecified atom stereocenters. The van der Waals surface area contributed by atoms with Gasteiger partial charge in [-0.1, -0.05) is 41.4 Å². The van der Waals surface area contributed by atoms with Crippen LogP contribution in [0.25, 0.3) is 11.2 Å². The van der Waals surface area contributed by atoms with E-state index in [0.717, 1.165) is 11.1 Å². The van der Waals surface area contributed by atoms with Crippen LogP contribution in [0.5, 0.6) is 0 Å². The van der Waals surface area contributed by atoms with E-state index in [-0.39, 0.29) is 19.0 Å². The van der Waals surface area contributed by atoms with Crippen molar-refractivity contribution in [2.75, 3.05) is 17.7 Å². The van der Waals surface area contributed by atoms with Gasteiger partial charge in [-0.2, -0.15) is 5.26 Å². The van der Waals surface area contributed by atoms with Gasteiger partial charge in [0.1, 0.15) is 24.6 Å². The molecule has 1 saturated heterocycles. The molecule has 5 N–H and O–H groups in total. The molecule has 2 aromatic carbocycles. The average Bonchev–Trinajstić information content (AvgIpc) is 3.42. The van der Waals surface area contributed by atoms with E-state index in [9.17, 15) is 10.2 Å². The number of hydrogen-bond donors (Lipinski definition) is 4. The quantitative estimate of drug-likeness (QED) is 0.254. The third-order valence-corrected chi connectivity index (χ3v) is 6.90. The summed E-state index contributed by atoms with van der Waals surface area (Å²) in [6.45, 7) is 0.577. The lowest BCUT2D eigenvalue weighted by Crippen LogP contribution is -2.34. The Kier molecular flexibility index (Phi) is 7.62. The van der Waals surface area contributed by atoms with Crippen molar-refractivity contribution in [1.29, 1.82) is 5.26 Å². The van der Waals surface area contributed by atoms with Gasteiger partial charge in [-0.3, -0.25) is 4.57 Å². The zero-order valence-corrected chi connectivity index (χ0v) is 21.3. The second-order valence-corrected chi connectivity index (χ2v) is 9.52. The van der Waals surface area contributed by atoms with Crippen molar-refractivity contribution in [3.8, 4) is 6.07 Å². The van der Waals surface area contributed by atoms with Crippen molar-refractivity contribution in [3.63, 3.8) is 0 Å². The molecule has 4 aromatic rings. The molecule has 1 fully saturated rings. The number of hydrogen-bond acceptors (Lipinski definition) is 10. The van der Waals surface area contributed by atoms with Crippen LogP contribution in [0.15, 0.2) is 48.8 Å². The van der Waals surface area contributed by atoms with Crippen molar-refractivity contribution in [2.24, 2.45) is 0 Å². The highest BCUT2D eigenvalue weighted by atomic mass is 35.5. The lowest BCUT2D eigenvalue weighted by atomic mass is 10.1. The number of imidazole rings is 1. The molecule has 4 atom stereocenters. The minimum Gasteiger partial charge on any atom is -0.387 e. The molecule has 0 saturated carbocycles. The molecule has 38 heavy (non-hydrogen) atoms. The van der Waals surface area contributed by atoms with Gasteiger partial charge in [0.05, 0.1) is 34.9 Å². The lowest BCUT2D eigenvalue weighted by Gasteiger charge is -2.20. The van der Waals surface area contributed by atoms with E-state index >= 15 is 0 Å². The van der Waals surface area contributed by atoms with Crippen LogP contribution >= 0.6 is 23.2 Å². The van der Waals surface area contributed by atoms with Crippen LogP contribution in [-0.2, 0) is 22.6 Å². The summed E-state index contributed by atoms with van der Waals surface area (Å²) in [5.41, 5.74) is 8.91. The van der Waals surface area contributed by atoms with Crippen LogP contribution < -0.4 is 11.1 Å². The Labute approximate surface area is 227 Å². The van der Waals surface area contributed by atoms with Gasteiger partial charge < -0.3 is 30.7 Å². The SMILES string of the molecule is N#Cc1ccc(COC[C@H]2O[C@@H](n3c(NCc4ccc(Cl)c(Cl)c4)nc4c(N)ncnc43)[C@H](O)[C@H]2O)cc1. The smallest absolute Gasteiger partial charge is 0.207 e. The molecule has 13 heteroatoms. The molecule has 0 bridgehead atoms. The Morgan fingerprint density at radius 3 is 2.58 bits per heavy atom. The number of halogens is 2. The van der Waals surface area contributed by atoms with Crippen molar-refractivity contribution in [2.45, 2.75) is 37.7 Å². The van der Waals surface area contributed by atoms with E-state index in [1.54, 1.807) is 41.0 Å². The van der Waals surface area contributed by atoms with Crippen molar-refractivity contribution in [1.82, 2.24) is 19.5 Å². The number of ether oxygens (including phenoxy) is 2. The van der Waals surface area contributed by atoms with Gasteiger partial charge in [-0.05, 0) is 35.4 Å². The molecule has 0 aliphatic carbocycles. The minimum atomic E-state index is -1.31. The van der Waals surface area contributed by atoms with Crippen LogP contribution in [0.4, 0.5) is 11.8 Å². The van der Waals surface area contributed by atoms with Gasteiger partial charge in [0, 0.05) is 6.54 Å². The summed E-state index contributed by atoms with van der Waals surface area (Å²) < 4.78 is 13.3. The predicted octanol–water partition coefficient (Wildman–Crippen LogP) is 3.04. The fourth-order valence-corrected chi connectivity index (χ4v) is 4.49. The molecular formula is C25H23Cl2N7O4. The molecule has 0 spiro atoms. The van der Waals surface area contributed by atoms with Crippen LogP contribution in [-0.4, -0.2) is 54.7 Å². The molecule has 196 valence electrons. The number of anilines is 2. The Balaban J connectivity index is 1.35. The highest BCUT2D eigenvalue weighted by Crippen LogP contribution is 2.35. The summed E-state index contributed by atoms with van der Waals surface area (Å²) in [5.74, 6) is 0.454. The van der Waals surface area contributed by atoms with E-state index in [0.29, 0.717) is 39.3 Å². The van der Waals surface area contributed by atoms with E-state index in [1.807, 2.05) is 6.07 Å². The number of aliphatic hydroxyl groups excluding tert-OH is 2. The van der Waals surface area contributed by atoms with E-state index < -0.39 is 24.5 Å². The molecule has 0 amide bonds. The highest BCUT2D eigenvalue weighted by Gasteiger charge is 2.45. The first kappa shape index (κ1) is 26.1.